The van der Waals surface area contributed by atoms with E-state index in [1.165, 1.54) is 6.42 Å². The second kappa shape index (κ2) is 14.8. The number of rotatable bonds is 14. The molecule has 0 aromatic heterocycles. The Kier molecular flexibility index (Phi) is 13.1. The average Bonchev–Trinajstić information content (AvgIpc) is 2.57. The van der Waals surface area contributed by atoms with Crippen LogP contribution in [0.1, 0.15) is 32.6 Å². The van der Waals surface area contributed by atoms with Gasteiger partial charge in [-0.3, -0.25) is 4.79 Å². The van der Waals surface area contributed by atoms with Gasteiger partial charge >= 0.3 is 5.97 Å². The van der Waals surface area contributed by atoms with E-state index in [9.17, 15) is 4.79 Å². The van der Waals surface area contributed by atoms with Crippen LogP contribution in [0, 0.1) is 0 Å². The standard InChI is InChI=1S/C16H30O7/c1-2-21-15(17)6-8-18-9-10-19-11-12-20-13-14-23-16-5-3-4-7-22-16/h16H,2-14H2,1H3. The molecule has 1 fully saturated rings. The summed E-state index contributed by atoms with van der Waals surface area (Å²) in [6.07, 6.45) is 3.48. The van der Waals surface area contributed by atoms with Crippen molar-refractivity contribution in [1.29, 1.82) is 0 Å². The Hall–Kier alpha value is -0.730. The van der Waals surface area contributed by atoms with Crippen LogP contribution < -0.4 is 0 Å². The van der Waals surface area contributed by atoms with Crippen LogP contribution in [-0.4, -0.2) is 71.7 Å². The molecule has 0 spiro atoms. The van der Waals surface area contributed by atoms with Crippen LogP contribution in [0.15, 0.2) is 0 Å². The SMILES string of the molecule is CCOC(=O)CCOCCOCCOCCOC1CCCCO1. The molecule has 0 aromatic carbocycles. The Bertz CT molecular complexity index is 280. The second-order valence-corrected chi connectivity index (χ2v) is 5.06. The van der Waals surface area contributed by atoms with Crippen molar-refractivity contribution in [3.8, 4) is 0 Å². The highest BCUT2D eigenvalue weighted by Gasteiger charge is 2.13. The molecule has 0 aromatic rings. The first-order valence-corrected chi connectivity index (χ1v) is 8.45. The maximum absolute atomic E-state index is 11.0. The van der Waals surface area contributed by atoms with E-state index in [-0.39, 0.29) is 18.7 Å². The summed E-state index contributed by atoms with van der Waals surface area (Å²) in [7, 11) is 0. The fourth-order valence-corrected chi connectivity index (χ4v) is 2.01. The molecule has 1 unspecified atom stereocenters. The molecule has 1 saturated heterocycles. The van der Waals surface area contributed by atoms with Gasteiger partial charge in [0.1, 0.15) is 0 Å². The smallest absolute Gasteiger partial charge is 0.308 e. The molecule has 0 saturated carbocycles. The van der Waals surface area contributed by atoms with Crippen LogP contribution in [0.5, 0.6) is 0 Å². The van der Waals surface area contributed by atoms with Gasteiger partial charge < -0.3 is 28.4 Å². The number of ether oxygens (including phenoxy) is 6. The first kappa shape index (κ1) is 20.3. The van der Waals surface area contributed by atoms with Crippen molar-refractivity contribution in [1.82, 2.24) is 0 Å². The summed E-state index contributed by atoms with van der Waals surface area (Å²) in [5.41, 5.74) is 0. The van der Waals surface area contributed by atoms with Crippen molar-refractivity contribution in [2.45, 2.75) is 38.9 Å². The first-order valence-electron chi connectivity index (χ1n) is 8.45. The van der Waals surface area contributed by atoms with Gasteiger partial charge in [-0.15, -0.1) is 0 Å². The Morgan fingerprint density at radius 3 is 2.22 bits per heavy atom. The van der Waals surface area contributed by atoms with Gasteiger partial charge in [0.05, 0.1) is 59.3 Å². The predicted molar refractivity (Wildman–Crippen MR) is 83.3 cm³/mol. The molecule has 7 nitrogen and oxygen atoms in total. The summed E-state index contributed by atoms with van der Waals surface area (Å²) in [5, 5.41) is 0. The molecule has 23 heavy (non-hydrogen) atoms. The fourth-order valence-electron chi connectivity index (χ4n) is 2.01. The minimum atomic E-state index is -0.234. The summed E-state index contributed by atoms with van der Waals surface area (Å²) < 4.78 is 31.8. The molecule has 1 heterocycles. The number of hydrogen-bond acceptors (Lipinski definition) is 7. The highest BCUT2D eigenvalue weighted by Crippen LogP contribution is 2.13. The van der Waals surface area contributed by atoms with E-state index >= 15 is 0 Å². The van der Waals surface area contributed by atoms with Gasteiger partial charge in [0.15, 0.2) is 6.29 Å². The summed E-state index contributed by atoms with van der Waals surface area (Å²) in [6.45, 7) is 6.41. The topological polar surface area (TPSA) is 72.5 Å². The highest BCUT2D eigenvalue weighted by atomic mass is 16.7. The molecule has 1 aliphatic rings. The number of hydrogen-bond donors (Lipinski definition) is 0. The maximum Gasteiger partial charge on any atom is 0.308 e. The number of carbonyl (C=O) groups excluding carboxylic acids is 1. The predicted octanol–water partition coefficient (Wildman–Crippen LogP) is 1.53. The number of carbonyl (C=O) groups is 1. The van der Waals surface area contributed by atoms with E-state index in [4.69, 9.17) is 28.4 Å². The van der Waals surface area contributed by atoms with Crippen LogP contribution in [0.4, 0.5) is 0 Å². The highest BCUT2D eigenvalue weighted by molar-refractivity contribution is 5.69. The fraction of sp³-hybridized carbons (Fsp3) is 0.938. The van der Waals surface area contributed by atoms with E-state index in [1.807, 2.05) is 0 Å². The van der Waals surface area contributed by atoms with Crippen LogP contribution in [0.3, 0.4) is 0 Å². The Labute approximate surface area is 138 Å². The average molecular weight is 334 g/mol. The zero-order valence-corrected chi connectivity index (χ0v) is 14.1. The van der Waals surface area contributed by atoms with Gasteiger partial charge in [0, 0.05) is 6.61 Å². The first-order chi connectivity index (χ1) is 11.3. The lowest BCUT2D eigenvalue weighted by Crippen LogP contribution is -2.24. The molecule has 0 bridgehead atoms. The molecule has 1 atom stereocenters. The monoisotopic (exact) mass is 334 g/mol. The minimum Gasteiger partial charge on any atom is -0.466 e. The molecule has 0 N–H and O–H groups in total. The molecular formula is C16H30O7. The minimum absolute atomic E-state index is 0.0599. The molecule has 136 valence electrons. The third-order valence-electron chi connectivity index (χ3n) is 3.17. The lowest BCUT2D eigenvalue weighted by molar-refractivity contribution is -0.169. The van der Waals surface area contributed by atoms with Crippen LogP contribution in [-0.2, 0) is 33.2 Å². The van der Waals surface area contributed by atoms with E-state index in [1.54, 1.807) is 6.92 Å². The molecule has 0 aliphatic carbocycles. The summed E-state index contributed by atoms with van der Waals surface area (Å²) in [5.74, 6) is -0.234. The van der Waals surface area contributed by atoms with E-state index in [2.05, 4.69) is 0 Å². The van der Waals surface area contributed by atoms with E-state index in [0.717, 1.165) is 19.4 Å². The zero-order valence-electron chi connectivity index (χ0n) is 14.1. The zero-order chi connectivity index (χ0) is 16.6. The molecule has 1 rings (SSSR count). The summed E-state index contributed by atoms with van der Waals surface area (Å²) in [4.78, 5) is 11.0. The Morgan fingerprint density at radius 1 is 0.957 bits per heavy atom. The lowest BCUT2D eigenvalue weighted by Gasteiger charge is -2.22. The van der Waals surface area contributed by atoms with Gasteiger partial charge in [-0.05, 0) is 26.2 Å². The van der Waals surface area contributed by atoms with Gasteiger partial charge in [-0.1, -0.05) is 0 Å². The molecular weight excluding hydrogens is 304 g/mol. The van der Waals surface area contributed by atoms with Gasteiger partial charge in [0.2, 0.25) is 0 Å². The number of esters is 1. The maximum atomic E-state index is 11.0. The van der Waals surface area contributed by atoms with Crippen molar-refractivity contribution in [3.63, 3.8) is 0 Å². The lowest BCUT2D eigenvalue weighted by atomic mass is 10.2. The van der Waals surface area contributed by atoms with E-state index < -0.39 is 0 Å². The molecule has 1 aliphatic heterocycles. The normalized spacial score (nSPS) is 18.0. The van der Waals surface area contributed by atoms with E-state index in [0.29, 0.717) is 52.9 Å². The molecule has 7 heteroatoms. The quantitative estimate of drug-likeness (QED) is 0.352. The van der Waals surface area contributed by atoms with Crippen molar-refractivity contribution in [3.05, 3.63) is 0 Å². The van der Waals surface area contributed by atoms with Gasteiger partial charge in [-0.2, -0.15) is 0 Å². The summed E-state index contributed by atoms with van der Waals surface area (Å²) in [6, 6.07) is 0. The van der Waals surface area contributed by atoms with Crippen LogP contribution in [0.2, 0.25) is 0 Å². The van der Waals surface area contributed by atoms with Crippen LogP contribution >= 0.6 is 0 Å². The van der Waals surface area contributed by atoms with Gasteiger partial charge in [0.25, 0.3) is 0 Å². The van der Waals surface area contributed by atoms with Crippen LogP contribution in [0.25, 0.3) is 0 Å². The Morgan fingerprint density at radius 2 is 1.61 bits per heavy atom. The van der Waals surface area contributed by atoms with Crippen molar-refractivity contribution >= 4 is 5.97 Å². The third-order valence-corrected chi connectivity index (χ3v) is 3.17. The second-order valence-electron chi connectivity index (χ2n) is 5.06. The van der Waals surface area contributed by atoms with Gasteiger partial charge in [-0.25, -0.2) is 0 Å². The van der Waals surface area contributed by atoms with Crippen molar-refractivity contribution < 1.29 is 33.2 Å². The summed E-state index contributed by atoms with van der Waals surface area (Å²) >= 11 is 0. The van der Waals surface area contributed by atoms with Crippen molar-refractivity contribution in [2.24, 2.45) is 0 Å². The molecule has 0 radical (unpaired) electrons. The third kappa shape index (κ3) is 12.4. The largest absolute Gasteiger partial charge is 0.466 e. The van der Waals surface area contributed by atoms with Crippen molar-refractivity contribution in [2.75, 3.05) is 59.5 Å². The Balaban J connectivity index is 1.72. The molecule has 0 amide bonds.